The SMILES string of the molecule is CN=C(NCCNC(=O)C(C)(C)C)NCC(c1ccc(F)cc1)N1CCOCC1.I. The van der Waals surface area contributed by atoms with Crippen LogP contribution in [0.3, 0.4) is 0 Å². The summed E-state index contributed by atoms with van der Waals surface area (Å²) < 4.78 is 18.8. The molecule has 0 spiro atoms. The summed E-state index contributed by atoms with van der Waals surface area (Å²) in [6.45, 7) is 10.4. The van der Waals surface area contributed by atoms with Crippen molar-refractivity contribution in [2.75, 3.05) is 53.0 Å². The van der Waals surface area contributed by atoms with E-state index in [4.69, 9.17) is 4.74 Å². The summed E-state index contributed by atoms with van der Waals surface area (Å²) >= 11 is 0. The van der Waals surface area contributed by atoms with Crippen LogP contribution >= 0.6 is 24.0 Å². The second-order valence-electron chi connectivity index (χ2n) is 8.10. The fourth-order valence-electron chi connectivity index (χ4n) is 3.07. The Morgan fingerprint density at radius 2 is 1.73 bits per heavy atom. The number of hydrogen-bond acceptors (Lipinski definition) is 4. The van der Waals surface area contributed by atoms with Crippen molar-refractivity contribution < 1.29 is 13.9 Å². The Kier molecular flexibility index (Phi) is 11.6. The first-order chi connectivity index (χ1) is 13.8. The molecule has 0 bridgehead atoms. The summed E-state index contributed by atoms with van der Waals surface area (Å²) in [4.78, 5) is 18.5. The third-order valence-electron chi connectivity index (χ3n) is 4.81. The average molecular weight is 535 g/mol. The highest BCUT2D eigenvalue weighted by atomic mass is 127. The second-order valence-corrected chi connectivity index (χ2v) is 8.10. The lowest BCUT2D eigenvalue weighted by Crippen LogP contribution is -2.47. The number of guanidine groups is 1. The number of hydrogen-bond donors (Lipinski definition) is 3. The zero-order valence-corrected chi connectivity index (χ0v) is 20.7. The minimum atomic E-state index is -0.402. The van der Waals surface area contributed by atoms with Crippen LogP contribution in [0.5, 0.6) is 0 Å². The second kappa shape index (κ2) is 13.1. The molecule has 0 radical (unpaired) electrons. The number of rotatable bonds is 7. The third-order valence-corrected chi connectivity index (χ3v) is 4.81. The fraction of sp³-hybridized carbons (Fsp3) is 0.619. The number of benzene rings is 1. The summed E-state index contributed by atoms with van der Waals surface area (Å²) in [5.74, 6) is 0.443. The number of carbonyl (C=O) groups excluding carboxylic acids is 1. The van der Waals surface area contributed by atoms with Gasteiger partial charge >= 0.3 is 0 Å². The van der Waals surface area contributed by atoms with Crippen molar-refractivity contribution in [1.29, 1.82) is 0 Å². The third kappa shape index (κ3) is 8.73. The van der Waals surface area contributed by atoms with Crippen molar-refractivity contribution in [2.24, 2.45) is 10.4 Å². The largest absolute Gasteiger partial charge is 0.379 e. The van der Waals surface area contributed by atoms with E-state index in [1.54, 1.807) is 7.05 Å². The molecular formula is C21H35FIN5O2. The standard InChI is InChI=1S/C21H34FN5O2.HI/c1-21(2,3)19(28)24-9-10-25-20(23-4)26-15-18(27-11-13-29-14-12-27)16-5-7-17(22)8-6-16;/h5-8,18H,9-15H2,1-4H3,(H,24,28)(H2,23,25,26);1H. The topological polar surface area (TPSA) is 78.0 Å². The molecule has 0 aromatic heterocycles. The molecule has 1 saturated heterocycles. The van der Waals surface area contributed by atoms with E-state index in [1.807, 2.05) is 32.9 Å². The fourth-order valence-corrected chi connectivity index (χ4v) is 3.07. The van der Waals surface area contributed by atoms with Crippen molar-refractivity contribution in [2.45, 2.75) is 26.8 Å². The Bertz CT molecular complexity index is 673. The number of nitrogens with zero attached hydrogens (tertiary/aromatic N) is 2. The first-order valence-corrected chi connectivity index (χ1v) is 10.1. The van der Waals surface area contributed by atoms with Crippen molar-refractivity contribution in [3.05, 3.63) is 35.6 Å². The molecular weight excluding hydrogens is 500 g/mol. The summed E-state index contributed by atoms with van der Waals surface area (Å²) in [5.41, 5.74) is 0.647. The Morgan fingerprint density at radius 1 is 1.13 bits per heavy atom. The zero-order valence-electron chi connectivity index (χ0n) is 18.3. The minimum Gasteiger partial charge on any atom is -0.379 e. The Morgan fingerprint density at radius 3 is 2.30 bits per heavy atom. The molecule has 1 aliphatic rings. The molecule has 1 aromatic carbocycles. The Hall–Kier alpha value is -1.46. The van der Waals surface area contributed by atoms with Gasteiger partial charge in [0.2, 0.25) is 5.91 Å². The average Bonchev–Trinajstić information content (AvgIpc) is 2.70. The van der Waals surface area contributed by atoms with Crippen molar-refractivity contribution in [1.82, 2.24) is 20.9 Å². The molecule has 0 saturated carbocycles. The molecule has 0 aliphatic carbocycles. The van der Waals surface area contributed by atoms with Crippen molar-refractivity contribution >= 4 is 35.8 Å². The molecule has 7 nitrogen and oxygen atoms in total. The molecule has 1 amide bonds. The molecule has 1 unspecified atom stereocenters. The first kappa shape index (κ1) is 26.6. The number of nitrogens with one attached hydrogen (secondary N) is 3. The van der Waals surface area contributed by atoms with Crippen LogP contribution in [-0.2, 0) is 9.53 Å². The van der Waals surface area contributed by atoms with Gasteiger partial charge in [0.15, 0.2) is 5.96 Å². The molecule has 30 heavy (non-hydrogen) atoms. The van der Waals surface area contributed by atoms with Crippen LogP contribution in [-0.4, -0.2) is 69.8 Å². The van der Waals surface area contributed by atoms with Gasteiger partial charge in [-0.1, -0.05) is 32.9 Å². The summed E-state index contributed by atoms with van der Waals surface area (Å²) in [6, 6.07) is 6.73. The highest BCUT2D eigenvalue weighted by Crippen LogP contribution is 2.21. The van der Waals surface area contributed by atoms with Crippen molar-refractivity contribution in [3.8, 4) is 0 Å². The Balaban J connectivity index is 0.00000450. The van der Waals surface area contributed by atoms with E-state index in [9.17, 15) is 9.18 Å². The van der Waals surface area contributed by atoms with Crippen LogP contribution in [0, 0.1) is 11.2 Å². The van der Waals surface area contributed by atoms with Crippen LogP contribution in [0.1, 0.15) is 32.4 Å². The highest BCUT2D eigenvalue weighted by Gasteiger charge is 2.23. The number of halogens is 2. The summed E-state index contributed by atoms with van der Waals surface area (Å²) in [7, 11) is 1.71. The lowest BCUT2D eigenvalue weighted by atomic mass is 9.96. The predicted molar refractivity (Wildman–Crippen MR) is 129 cm³/mol. The van der Waals surface area contributed by atoms with Gasteiger partial charge in [-0.2, -0.15) is 0 Å². The minimum absolute atomic E-state index is 0. The molecule has 9 heteroatoms. The van der Waals surface area contributed by atoms with Gasteiger partial charge in [0.1, 0.15) is 5.82 Å². The van der Waals surface area contributed by atoms with Gasteiger partial charge in [0, 0.05) is 45.2 Å². The lowest BCUT2D eigenvalue weighted by molar-refractivity contribution is -0.128. The van der Waals surface area contributed by atoms with E-state index in [-0.39, 0.29) is 41.7 Å². The highest BCUT2D eigenvalue weighted by molar-refractivity contribution is 14.0. The monoisotopic (exact) mass is 535 g/mol. The number of morpholine rings is 1. The van der Waals surface area contributed by atoms with E-state index in [0.717, 1.165) is 18.7 Å². The maximum atomic E-state index is 13.4. The maximum absolute atomic E-state index is 13.4. The van der Waals surface area contributed by atoms with Gasteiger partial charge in [0.05, 0.1) is 19.3 Å². The molecule has 1 aliphatic heterocycles. The van der Waals surface area contributed by atoms with Crippen LogP contribution in [0.25, 0.3) is 0 Å². The van der Waals surface area contributed by atoms with Crippen molar-refractivity contribution in [3.63, 3.8) is 0 Å². The van der Waals surface area contributed by atoms with Gasteiger partial charge < -0.3 is 20.7 Å². The van der Waals surface area contributed by atoms with Crippen LogP contribution in [0.2, 0.25) is 0 Å². The van der Waals surface area contributed by atoms with Gasteiger partial charge in [0.25, 0.3) is 0 Å². The molecule has 1 heterocycles. The number of carbonyl (C=O) groups is 1. The zero-order chi connectivity index (χ0) is 21.3. The number of amides is 1. The molecule has 2 rings (SSSR count). The molecule has 1 atom stereocenters. The first-order valence-electron chi connectivity index (χ1n) is 10.1. The summed E-state index contributed by atoms with van der Waals surface area (Å²) in [6.07, 6.45) is 0. The number of ether oxygens (including phenoxy) is 1. The van der Waals surface area contributed by atoms with Gasteiger partial charge in [-0.3, -0.25) is 14.7 Å². The predicted octanol–water partition coefficient (Wildman–Crippen LogP) is 2.14. The number of aliphatic imine (C=N–C) groups is 1. The van der Waals surface area contributed by atoms with Crippen LogP contribution < -0.4 is 16.0 Å². The van der Waals surface area contributed by atoms with Gasteiger partial charge in [-0.25, -0.2) is 4.39 Å². The Labute approximate surface area is 196 Å². The quantitative estimate of drug-likeness (QED) is 0.216. The van der Waals surface area contributed by atoms with Crippen LogP contribution in [0.15, 0.2) is 29.3 Å². The van der Waals surface area contributed by atoms with E-state index in [2.05, 4.69) is 25.8 Å². The lowest BCUT2D eigenvalue weighted by Gasteiger charge is -2.35. The summed E-state index contributed by atoms with van der Waals surface area (Å²) in [5, 5.41) is 9.47. The smallest absolute Gasteiger partial charge is 0.225 e. The maximum Gasteiger partial charge on any atom is 0.225 e. The van der Waals surface area contributed by atoms with E-state index in [0.29, 0.717) is 38.8 Å². The molecule has 1 aromatic rings. The van der Waals surface area contributed by atoms with Gasteiger partial charge in [-0.15, -0.1) is 24.0 Å². The van der Waals surface area contributed by atoms with E-state index >= 15 is 0 Å². The van der Waals surface area contributed by atoms with Crippen LogP contribution in [0.4, 0.5) is 4.39 Å². The molecule has 1 fully saturated rings. The van der Waals surface area contributed by atoms with Gasteiger partial charge in [-0.05, 0) is 17.7 Å². The van der Waals surface area contributed by atoms with E-state index in [1.165, 1.54) is 12.1 Å². The molecule has 170 valence electrons. The van der Waals surface area contributed by atoms with E-state index < -0.39 is 5.41 Å². The molecule has 3 N–H and O–H groups in total. The normalized spacial score (nSPS) is 16.4.